The molecule has 0 saturated carbocycles. The quantitative estimate of drug-likeness (QED) is 0.348. The van der Waals surface area contributed by atoms with Gasteiger partial charge in [0.1, 0.15) is 0 Å². The second-order valence-electron chi connectivity index (χ2n) is 2.73. The fraction of sp³-hybridized carbons (Fsp3) is 1.00. The third-order valence-corrected chi connectivity index (χ3v) is 1.95. The van der Waals surface area contributed by atoms with Crippen molar-refractivity contribution in [2.45, 2.75) is 31.2 Å². The highest BCUT2D eigenvalue weighted by atomic mass is 16.3. The molecule has 0 aromatic carbocycles. The van der Waals surface area contributed by atoms with E-state index < -0.39 is 12.2 Å². The van der Waals surface area contributed by atoms with Gasteiger partial charge in [-0.1, -0.05) is 0 Å². The van der Waals surface area contributed by atoms with E-state index >= 15 is 0 Å². The number of aliphatic hydroxyl groups is 3. The smallest absolute Gasteiger partial charge is 0.0989 e. The maximum absolute atomic E-state index is 9.16. The first kappa shape index (κ1) is 7.94. The number of nitrogens with one attached hydrogen (secondary N) is 1. The molecule has 0 aromatic rings. The van der Waals surface area contributed by atoms with Crippen LogP contribution >= 0.6 is 0 Å². The van der Waals surface area contributed by atoms with Crippen molar-refractivity contribution >= 4 is 0 Å². The number of aliphatic hydroxyl groups excluding tert-OH is 3. The van der Waals surface area contributed by atoms with Crippen LogP contribution in [0.5, 0.6) is 0 Å². The second-order valence-corrected chi connectivity index (χ2v) is 2.73. The predicted molar refractivity (Wildman–Crippen MR) is 35.5 cm³/mol. The molecule has 4 atom stereocenters. The summed E-state index contributed by atoms with van der Waals surface area (Å²) in [4.78, 5) is 0. The van der Waals surface area contributed by atoms with Gasteiger partial charge in [-0.15, -0.1) is 0 Å². The van der Waals surface area contributed by atoms with E-state index in [1.54, 1.807) is 6.92 Å². The summed E-state index contributed by atoms with van der Waals surface area (Å²) >= 11 is 0. The van der Waals surface area contributed by atoms with Crippen molar-refractivity contribution in [2.75, 3.05) is 6.61 Å². The summed E-state index contributed by atoms with van der Waals surface area (Å²) in [6.45, 7) is 1.63. The fourth-order valence-corrected chi connectivity index (χ4v) is 1.23. The number of rotatable bonds is 1. The molecule has 1 heterocycles. The minimum Gasteiger partial charge on any atom is -0.395 e. The maximum Gasteiger partial charge on any atom is 0.0989 e. The van der Waals surface area contributed by atoms with Gasteiger partial charge in [-0.25, -0.2) is 0 Å². The van der Waals surface area contributed by atoms with Crippen LogP contribution in [-0.2, 0) is 0 Å². The van der Waals surface area contributed by atoms with Crippen LogP contribution in [0.3, 0.4) is 0 Å². The van der Waals surface area contributed by atoms with Crippen LogP contribution in [0.2, 0.25) is 0 Å². The normalized spacial score (nSPS) is 48.0. The lowest BCUT2D eigenvalue weighted by Gasteiger charge is -2.11. The van der Waals surface area contributed by atoms with Crippen LogP contribution in [0.1, 0.15) is 6.92 Å². The SMILES string of the molecule is C[C@H]1N[C@@H](CO)C(O)C1O. The van der Waals surface area contributed by atoms with Crippen LogP contribution < -0.4 is 5.32 Å². The first-order chi connectivity index (χ1) is 4.66. The zero-order chi connectivity index (χ0) is 7.72. The van der Waals surface area contributed by atoms with Gasteiger partial charge in [-0.05, 0) is 6.92 Å². The van der Waals surface area contributed by atoms with Crippen molar-refractivity contribution in [3.8, 4) is 0 Å². The Morgan fingerprint density at radius 3 is 2.10 bits per heavy atom. The molecule has 2 unspecified atom stereocenters. The Morgan fingerprint density at radius 2 is 1.90 bits per heavy atom. The monoisotopic (exact) mass is 147 g/mol. The minimum atomic E-state index is -0.833. The van der Waals surface area contributed by atoms with Crippen molar-refractivity contribution in [1.82, 2.24) is 5.32 Å². The Labute approximate surface area is 59.5 Å². The van der Waals surface area contributed by atoms with E-state index in [-0.39, 0.29) is 18.7 Å². The molecule has 0 spiro atoms. The van der Waals surface area contributed by atoms with Crippen molar-refractivity contribution < 1.29 is 15.3 Å². The van der Waals surface area contributed by atoms with E-state index in [2.05, 4.69) is 5.32 Å². The molecular formula is C6H13NO3. The van der Waals surface area contributed by atoms with E-state index in [1.165, 1.54) is 0 Å². The van der Waals surface area contributed by atoms with Gasteiger partial charge in [0, 0.05) is 6.04 Å². The molecule has 1 saturated heterocycles. The highest BCUT2D eigenvalue weighted by molar-refractivity contribution is 4.95. The van der Waals surface area contributed by atoms with Crippen LogP contribution in [-0.4, -0.2) is 46.2 Å². The second kappa shape index (κ2) is 2.84. The van der Waals surface area contributed by atoms with E-state index in [0.717, 1.165) is 0 Å². The molecule has 4 heteroatoms. The topological polar surface area (TPSA) is 72.7 Å². The molecule has 60 valence electrons. The van der Waals surface area contributed by atoms with Crippen LogP contribution in [0.15, 0.2) is 0 Å². The average molecular weight is 147 g/mol. The summed E-state index contributed by atoms with van der Waals surface area (Å²) in [5.74, 6) is 0. The van der Waals surface area contributed by atoms with Gasteiger partial charge >= 0.3 is 0 Å². The van der Waals surface area contributed by atoms with Crippen LogP contribution in [0.4, 0.5) is 0 Å². The zero-order valence-electron chi connectivity index (χ0n) is 5.86. The van der Waals surface area contributed by atoms with Gasteiger partial charge in [0.15, 0.2) is 0 Å². The molecule has 10 heavy (non-hydrogen) atoms. The zero-order valence-corrected chi connectivity index (χ0v) is 5.86. The van der Waals surface area contributed by atoms with Crippen LogP contribution in [0, 0.1) is 0 Å². The van der Waals surface area contributed by atoms with Gasteiger partial charge in [-0.2, -0.15) is 0 Å². The first-order valence-electron chi connectivity index (χ1n) is 3.40. The highest BCUT2D eigenvalue weighted by Gasteiger charge is 2.37. The molecule has 1 fully saturated rings. The highest BCUT2D eigenvalue weighted by Crippen LogP contribution is 2.12. The Kier molecular flexibility index (Phi) is 2.25. The lowest BCUT2D eigenvalue weighted by molar-refractivity contribution is 0.0214. The largest absolute Gasteiger partial charge is 0.395 e. The van der Waals surface area contributed by atoms with Crippen molar-refractivity contribution in [1.29, 1.82) is 0 Å². The van der Waals surface area contributed by atoms with Crippen molar-refractivity contribution in [2.24, 2.45) is 0 Å². The van der Waals surface area contributed by atoms with Crippen LogP contribution in [0.25, 0.3) is 0 Å². The van der Waals surface area contributed by atoms with E-state index in [4.69, 9.17) is 15.3 Å². The van der Waals surface area contributed by atoms with E-state index in [9.17, 15) is 0 Å². The van der Waals surface area contributed by atoms with Gasteiger partial charge in [-0.3, -0.25) is 0 Å². The summed E-state index contributed by atoms with van der Waals surface area (Å²) < 4.78 is 0. The maximum atomic E-state index is 9.16. The van der Waals surface area contributed by atoms with Crippen molar-refractivity contribution in [3.05, 3.63) is 0 Å². The minimum absolute atomic E-state index is 0.132. The van der Waals surface area contributed by atoms with E-state index in [0.29, 0.717) is 0 Å². The summed E-state index contributed by atoms with van der Waals surface area (Å²) in [7, 11) is 0. The summed E-state index contributed by atoms with van der Waals surface area (Å²) in [5.41, 5.74) is 0. The molecule has 0 aliphatic carbocycles. The molecule has 4 N–H and O–H groups in total. The Bertz CT molecular complexity index is 120. The molecule has 0 aromatic heterocycles. The van der Waals surface area contributed by atoms with Gasteiger partial charge < -0.3 is 20.6 Å². The molecule has 0 radical (unpaired) electrons. The standard InChI is InChI=1S/C6H13NO3/c1-3-5(9)6(10)4(2-8)7-3/h3-10H,2H2,1H3/t3-,4+,5?,6?/m1/s1. The Balaban J connectivity index is 2.53. The average Bonchev–Trinajstić information content (AvgIpc) is 2.17. The number of hydrogen-bond acceptors (Lipinski definition) is 4. The summed E-state index contributed by atoms with van der Waals surface area (Å²) in [6.07, 6.45) is -1.59. The molecule has 0 bridgehead atoms. The Hall–Kier alpha value is -0.160. The van der Waals surface area contributed by atoms with Gasteiger partial charge in [0.2, 0.25) is 0 Å². The molecule has 0 amide bonds. The van der Waals surface area contributed by atoms with Gasteiger partial charge in [0.25, 0.3) is 0 Å². The molecule has 1 rings (SSSR count). The lowest BCUT2D eigenvalue weighted by atomic mass is 10.1. The summed E-state index contributed by atoms with van der Waals surface area (Å²) in [6, 6.07) is -0.503. The predicted octanol–water partition coefficient (Wildman–Crippen LogP) is -1.94. The number of hydrogen-bond donors (Lipinski definition) is 4. The third-order valence-electron chi connectivity index (χ3n) is 1.95. The Morgan fingerprint density at radius 1 is 1.30 bits per heavy atom. The lowest BCUT2D eigenvalue weighted by Crippen LogP contribution is -2.36. The molecule has 1 aliphatic rings. The van der Waals surface area contributed by atoms with Gasteiger partial charge in [0.05, 0.1) is 24.9 Å². The summed E-state index contributed by atoms with van der Waals surface area (Å²) in [5, 5.41) is 29.8. The van der Waals surface area contributed by atoms with Crippen molar-refractivity contribution in [3.63, 3.8) is 0 Å². The molecular weight excluding hydrogens is 134 g/mol. The molecule has 1 aliphatic heterocycles. The first-order valence-corrected chi connectivity index (χ1v) is 3.40. The van der Waals surface area contributed by atoms with E-state index in [1.807, 2.05) is 0 Å². The third kappa shape index (κ3) is 1.15. The molecule has 4 nitrogen and oxygen atoms in total. The fourth-order valence-electron chi connectivity index (χ4n) is 1.23.